The number of oxime groups is 1. The average molecular weight is 282 g/mol. The van der Waals surface area contributed by atoms with Gasteiger partial charge in [0.15, 0.2) is 10.8 Å². The van der Waals surface area contributed by atoms with Gasteiger partial charge < -0.3 is 10.2 Å². The van der Waals surface area contributed by atoms with Crippen LogP contribution in [0.15, 0.2) is 10.5 Å². The summed E-state index contributed by atoms with van der Waals surface area (Å²) in [6.45, 7) is 2.60. The van der Waals surface area contributed by atoms with Crippen molar-refractivity contribution in [1.82, 2.24) is 4.98 Å². The first kappa shape index (κ1) is 15.3. The molecular formula is C12H16N3O3S. The summed E-state index contributed by atoms with van der Waals surface area (Å²) >= 11 is 1.20. The number of hydrogen-bond donors (Lipinski definition) is 1. The summed E-state index contributed by atoms with van der Waals surface area (Å²) in [6, 6.07) is 0. The number of unbranched alkanes of at least 4 members (excludes halogenated alkanes) is 3. The minimum Gasteiger partial charge on any atom is -0.395 e. The Labute approximate surface area is 115 Å². The summed E-state index contributed by atoms with van der Waals surface area (Å²) in [6.07, 6.45) is 6.50. The number of amides is 1. The van der Waals surface area contributed by atoms with Crippen LogP contribution in [-0.4, -0.2) is 30.0 Å². The number of rotatable bonds is 10. The molecule has 0 atom stereocenters. The smallest absolute Gasteiger partial charge is 0.259 e. The Hall–Kier alpha value is -1.76. The van der Waals surface area contributed by atoms with E-state index in [0.29, 0.717) is 23.8 Å². The number of nitrogens with zero attached hydrogens (tertiary/aromatic N) is 2. The Kier molecular flexibility index (Phi) is 7.41. The first-order chi connectivity index (χ1) is 9.31. The van der Waals surface area contributed by atoms with Crippen molar-refractivity contribution in [2.75, 3.05) is 11.9 Å². The molecule has 7 heteroatoms. The average Bonchev–Trinajstić information content (AvgIpc) is 2.87. The highest BCUT2D eigenvalue weighted by atomic mass is 32.1. The molecule has 1 aromatic rings. The lowest BCUT2D eigenvalue weighted by molar-refractivity contribution is -0.105. The quantitative estimate of drug-likeness (QED) is 0.308. The lowest BCUT2D eigenvalue weighted by Crippen LogP contribution is -2.05. The fourth-order valence-corrected chi connectivity index (χ4v) is 1.98. The van der Waals surface area contributed by atoms with Gasteiger partial charge in [-0.05, 0) is 12.8 Å². The Bertz CT molecular complexity index is 432. The van der Waals surface area contributed by atoms with Crippen LogP contribution in [0.5, 0.6) is 0 Å². The molecule has 6 nitrogen and oxygen atoms in total. The predicted octanol–water partition coefficient (Wildman–Crippen LogP) is 2.12. The molecule has 1 rings (SSSR count). The largest absolute Gasteiger partial charge is 0.395 e. The topological polar surface area (TPSA) is 80.6 Å². The highest BCUT2D eigenvalue weighted by Crippen LogP contribution is 2.14. The highest BCUT2D eigenvalue weighted by molar-refractivity contribution is 7.14. The van der Waals surface area contributed by atoms with Crippen molar-refractivity contribution in [3.8, 4) is 0 Å². The van der Waals surface area contributed by atoms with Crippen molar-refractivity contribution < 1.29 is 14.4 Å². The minimum absolute atomic E-state index is 0.00527. The van der Waals surface area contributed by atoms with E-state index in [0.717, 1.165) is 25.7 Å². The summed E-state index contributed by atoms with van der Waals surface area (Å²) < 4.78 is 0. The first-order valence-electron chi connectivity index (χ1n) is 6.06. The SMILES string of the molecule is CCCCCCO/N=C(\[C]=O)c1csc(NC=O)n1. The monoisotopic (exact) mass is 282 g/mol. The van der Waals surface area contributed by atoms with Gasteiger partial charge in [0, 0.05) is 5.38 Å². The van der Waals surface area contributed by atoms with E-state index in [2.05, 4.69) is 22.4 Å². The van der Waals surface area contributed by atoms with Gasteiger partial charge in [-0.1, -0.05) is 24.9 Å². The van der Waals surface area contributed by atoms with E-state index < -0.39 is 0 Å². The Morgan fingerprint density at radius 1 is 1.58 bits per heavy atom. The van der Waals surface area contributed by atoms with Gasteiger partial charge >= 0.3 is 0 Å². The molecule has 1 amide bonds. The summed E-state index contributed by atoms with van der Waals surface area (Å²) in [5.74, 6) is 0. The molecule has 0 aliphatic rings. The molecule has 0 fully saturated rings. The Balaban J connectivity index is 2.46. The second-order valence-corrected chi connectivity index (χ2v) is 4.59. The van der Waals surface area contributed by atoms with Gasteiger partial charge in [0.2, 0.25) is 6.41 Å². The fourth-order valence-electron chi connectivity index (χ4n) is 1.32. The minimum atomic E-state index is 0.00527. The van der Waals surface area contributed by atoms with Crippen molar-refractivity contribution in [1.29, 1.82) is 0 Å². The zero-order valence-corrected chi connectivity index (χ0v) is 11.5. The molecule has 0 aliphatic carbocycles. The number of nitrogens with one attached hydrogen (secondary N) is 1. The van der Waals surface area contributed by atoms with Gasteiger partial charge in [-0.15, -0.1) is 11.3 Å². The molecule has 0 bridgehead atoms. The van der Waals surface area contributed by atoms with Gasteiger partial charge in [-0.25, -0.2) is 4.98 Å². The molecule has 1 heterocycles. The van der Waals surface area contributed by atoms with Crippen molar-refractivity contribution in [2.24, 2.45) is 5.16 Å². The maximum Gasteiger partial charge on any atom is 0.259 e. The second-order valence-electron chi connectivity index (χ2n) is 3.74. The lowest BCUT2D eigenvalue weighted by Gasteiger charge is -1.99. The Morgan fingerprint density at radius 3 is 3.11 bits per heavy atom. The van der Waals surface area contributed by atoms with Crippen LogP contribution in [0, 0.1) is 0 Å². The van der Waals surface area contributed by atoms with Gasteiger partial charge in [-0.3, -0.25) is 9.59 Å². The van der Waals surface area contributed by atoms with Crippen LogP contribution in [0.2, 0.25) is 0 Å². The van der Waals surface area contributed by atoms with Crippen molar-refractivity contribution in [3.63, 3.8) is 0 Å². The maximum atomic E-state index is 10.8. The second kappa shape index (κ2) is 9.21. The van der Waals surface area contributed by atoms with Gasteiger partial charge in [0.1, 0.15) is 12.3 Å². The summed E-state index contributed by atoms with van der Waals surface area (Å²) in [5, 5.41) is 8.11. The molecule has 1 radical (unpaired) electrons. The number of anilines is 1. The fraction of sp³-hybridized carbons (Fsp3) is 0.500. The predicted molar refractivity (Wildman–Crippen MR) is 74.1 cm³/mol. The zero-order valence-electron chi connectivity index (χ0n) is 10.7. The highest BCUT2D eigenvalue weighted by Gasteiger charge is 2.09. The molecular weight excluding hydrogens is 266 g/mol. The van der Waals surface area contributed by atoms with Crippen molar-refractivity contribution >= 4 is 34.9 Å². The number of carbonyl (C=O) groups is 1. The zero-order chi connectivity index (χ0) is 13.9. The van der Waals surface area contributed by atoms with E-state index in [4.69, 9.17) is 4.84 Å². The number of thiazole rings is 1. The van der Waals surface area contributed by atoms with Gasteiger partial charge in [-0.2, -0.15) is 0 Å². The number of aromatic nitrogens is 1. The van der Waals surface area contributed by atoms with Crippen molar-refractivity contribution in [3.05, 3.63) is 11.1 Å². The number of hydrogen-bond acceptors (Lipinski definition) is 6. The van der Waals surface area contributed by atoms with E-state index in [1.165, 1.54) is 11.3 Å². The molecule has 0 unspecified atom stereocenters. The maximum absolute atomic E-state index is 10.8. The van der Waals surface area contributed by atoms with Crippen LogP contribution < -0.4 is 5.32 Å². The third-order valence-electron chi connectivity index (χ3n) is 2.27. The third-order valence-corrected chi connectivity index (χ3v) is 3.04. The van der Waals surface area contributed by atoms with Crippen LogP contribution in [0.1, 0.15) is 38.3 Å². The van der Waals surface area contributed by atoms with E-state index in [9.17, 15) is 9.59 Å². The lowest BCUT2D eigenvalue weighted by atomic mass is 10.2. The van der Waals surface area contributed by atoms with Crippen LogP contribution in [0.3, 0.4) is 0 Å². The molecule has 0 aromatic carbocycles. The van der Waals surface area contributed by atoms with E-state index >= 15 is 0 Å². The first-order valence-corrected chi connectivity index (χ1v) is 6.94. The standard InChI is InChI=1S/C12H16N3O3S/c1-2-3-4-5-6-18-15-10(7-16)11-8-19-12(14-11)13-9-17/h8-9H,2-6H2,1H3,(H,13,14,17)/b15-10+. The molecule has 1 N–H and O–H groups in total. The van der Waals surface area contributed by atoms with Crippen molar-refractivity contribution in [2.45, 2.75) is 32.6 Å². The summed E-state index contributed by atoms with van der Waals surface area (Å²) in [5.41, 5.74) is 0.351. The van der Waals surface area contributed by atoms with Crippen LogP contribution in [0.25, 0.3) is 0 Å². The third kappa shape index (κ3) is 5.60. The Morgan fingerprint density at radius 2 is 2.42 bits per heavy atom. The van der Waals surface area contributed by atoms with Gasteiger partial charge in [0.05, 0.1) is 0 Å². The summed E-state index contributed by atoms with van der Waals surface area (Å²) in [7, 11) is 0. The van der Waals surface area contributed by atoms with E-state index in [-0.39, 0.29) is 5.71 Å². The molecule has 1 aromatic heterocycles. The molecule has 0 saturated carbocycles. The summed E-state index contributed by atoms with van der Waals surface area (Å²) in [4.78, 5) is 30.1. The molecule has 103 valence electrons. The molecule has 0 saturated heterocycles. The normalized spacial score (nSPS) is 11.1. The van der Waals surface area contributed by atoms with Crippen LogP contribution in [-0.2, 0) is 14.4 Å². The molecule has 0 aliphatic heterocycles. The van der Waals surface area contributed by atoms with E-state index in [1.807, 2.05) is 0 Å². The number of carbonyl (C=O) groups excluding carboxylic acids is 2. The van der Waals surface area contributed by atoms with Gasteiger partial charge in [0.25, 0.3) is 6.29 Å². The van der Waals surface area contributed by atoms with Crippen LogP contribution in [0.4, 0.5) is 5.13 Å². The molecule has 0 spiro atoms. The van der Waals surface area contributed by atoms with E-state index in [1.54, 1.807) is 11.7 Å². The molecule has 19 heavy (non-hydrogen) atoms. The van der Waals surface area contributed by atoms with Crippen LogP contribution >= 0.6 is 11.3 Å².